The summed E-state index contributed by atoms with van der Waals surface area (Å²) in [4.78, 5) is 41.2. The number of likely N-dealkylation sites (tertiary alicyclic amines) is 1. The molecule has 42 heavy (non-hydrogen) atoms. The molecule has 8 nitrogen and oxygen atoms in total. The van der Waals surface area contributed by atoms with E-state index in [9.17, 15) is 19.5 Å². The van der Waals surface area contributed by atoms with E-state index in [4.69, 9.17) is 4.74 Å². The van der Waals surface area contributed by atoms with Gasteiger partial charge in [-0.1, -0.05) is 92.7 Å². The van der Waals surface area contributed by atoms with Crippen molar-refractivity contribution in [2.75, 3.05) is 26.2 Å². The Morgan fingerprint density at radius 2 is 1.52 bits per heavy atom. The standard InChI is InChI=1S/C34H39N3O5/c1-3-33(4-2,30(38)36-34(31(39)40)18-19-37(23-34)20-24-12-6-5-7-13-24)22-35-32(41)42-21-29-27-16-10-8-14-25(27)26-15-9-11-17-28(26)29/h5-17,29H,3-4,18-23H2,1-2H3,(H,35,41)(H,36,38)(H,39,40). The summed E-state index contributed by atoms with van der Waals surface area (Å²) in [5, 5.41) is 15.9. The van der Waals surface area contributed by atoms with E-state index in [-0.39, 0.29) is 31.5 Å². The van der Waals surface area contributed by atoms with Crippen LogP contribution in [0.3, 0.4) is 0 Å². The fourth-order valence-electron chi connectivity index (χ4n) is 6.34. The Morgan fingerprint density at radius 1 is 0.929 bits per heavy atom. The van der Waals surface area contributed by atoms with Crippen LogP contribution < -0.4 is 10.6 Å². The molecule has 1 fully saturated rings. The van der Waals surface area contributed by atoms with Gasteiger partial charge in [0.25, 0.3) is 0 Å². The van der Waals surface area contributed by atoms with E-state index >= 15 is 0 Å². The Balaban J connectivity index is 1.21. The average Bonchev–Trinajstić information content (AvgIpc) is 3.56. The van der Waals surface area contributed by atoms with E-state index in [1.807, 2.05) is 68.4 Å². The summed E-state index contributed by atoms with van der Waals surface area (Å²) in [6, 6.07) is 26.2. The fourth-order valence-corrected chi connectivity index (χ4v) is 6.34. The van der Waals surface area contributed by atoms with Crippen molar-refractivity contribution in [1.82, 2.24) is 15.5 Å². The first-order valence-electron chi connectivity index (χ1n) is 14.7. The topological polar surface area (TPSA) is 108 Å². The zero-order valence-electron chi connectivity index (χ0n) is 24.3. The number of hydrogen-bond acceptors (Lipinski definition) is 5. The highest BCUT2D eigenvalue weighted by atomic mass is 16.5. The van der Waals surface area contributed by atoms with Crippen LogP contribution in [0.15, 0.2) is 78.9 Å². The molecule has 3 N–H and O–H groups in total. The minimum Gasteiger partial charge on any atom is -0.479 e. The maximum Gasteiger partial charge on any atom is 0.407 e. The second-order valence-electron chi connectivity index (χ2n) is 11.5. The van der Waals surface area contributed by atoms with Gasteiger partial charge in [-0.2, -0.15) is 0 Å². The van der Waals surface area contributed by atoms with Crippen molar-refractivity contribution < 1.29 is 24.2 Å². The van der Waals surface area contributed by atoms with Crippen LogP contribution >= 0.6 is 0 Å². The van der Waals surface area contributed by atoms with Crippen molar-refractivity contribution >= 4 is 18.0 Å². The van der Waals surface area contributed by atoms with Crippen LogP contribution in [0.4, 0.5) is 4.79 Å². The molecular weight excluding hydrogens is 530 g/mol. The quantitative estimate of drug-likeness (QED) is 0.294. The van der Waals surface area contributed by atoms with E-state index in [0.29, 0.717) is 32.4 Å². The molecule has 8 heteroatoms. The molecule has 0 radical (unpaired) electrons. The molecule has 1 aliphatic heterocycles. The highest BCUT2D eigenvalue weighted by Gasteiger charge is 2.49. The molecule has 0 aromatic heterocycles. The highest BCUT2D eigenvalue weighted by Crippen LogP contribution is 2.44. The molecule has 1 saturated heterocycles. The first kappa shape index (κ1) is 29.3. The van der Waals surface area contributed by atoms with Gasteiger partial charge in [0, 0.05) is 32.1 Å². The van der Waals surface area contributed by atoms with Crippen molar-refractivity contribution in [3.8, 4) is 11.1 Å². The summed E-state index contributed by atoms with van der Waals surface area (Å²) in [5.74, 6) is -1.47. The SMILES string of the molecule is CCC(CC)(CNC(=O)OCC1c2ccccc2-c2ccccc21)C(=O)NC1(C(=O)O)CCN(Cc2ccccc2)C1. The average molecular weight is 570 g/mol. The second kappa shape index (κ2) is 12.4. The van der Waals surface area contributed by atoms with E-state index in [1.165, 1.54) is 0 Å². The smallest absolute Gasteiger partial charge is 0.407 e. The molecule has 220 valence electrons. The van der Waals surface area contributed by atoms with Gasteiger partial charge in [-0.3, -0.25) is 9.69 Å². The van der Waals surface area contributed by atoms with Gasteiger partial charge in [0.1, 0.15) is 6.61 Å². The molecule has 1 atom stereocenters. The number of carbonyl (C=O) groups is 3. The third-order valence-corrected chi connectivity index (χ3v) is 9.11. The van der Waals surface area contributed by atoms with E-state index in [0.717, 1.165) is 27.8 Å². The monoisotopic (exact) mass is 569 g/mol. The number of ether oxygens (including phenoxy) is 1. The molecule has 0 spiro atoms. The summed E-state index contributed by atoms with van der Waals surface area (Å²) in [7, 11) is 0. The maximum absolute atomic E-state index is 13.7. The zero-order valence-corrected chi connectivity index (χ0v) is 24.3. The van der Waals surface area contributed by atoms with Gasteiger partial charge in [-0.25, -0.2) is 9.59 Å². The van der Waals surface area contributed by atoms with Gasteiger partial charge in [0.05, 0.1) is 5.41 Å². The largest absolute Gasteiger partial charge is 0.479 e. The lowest BCUT2D eigenvalue weighted by molar-refractivity contribution is -0.149. The lowest BCUT2D eigenvalue weighted by atomic mass is 9.80. The number of benzene rings is 3. The number of carboxylic acids is 1. The predicted molar refractivity (Wildman–Crippen MR) is 161 cm³/mol. The number of nitrogens with zero attached hydrogens (tertiary/aromatic N) is 1. The third-order valence-electron chi connectivity index (χ3n) is 9.11. The van der Waals surface area contributed by atoms with Crippen LogP contribution in [0.5, 0.6) is 0 Å². The molecule has 2 amide bonds. The number of alkyl carbamates (subject to hydrolysis) is 1. The number of hydrogen-bond donors (Lipinski definition) is 3. The van der Waals surface area contributed by atoms with Crippen LogP contribution in [-0.2, 0) is 20.9 Å². The van der Waals surface area contributed by atoms with Gasteiger partial charge in [0.15, 0.2) is 5.54 Å². The Hall–Kier alpha value is -4.17. The number of amides is 2. The number of nitrogens with one attached hydrogen (secondary N) is 2. The van der Waals surface area contributed by atoms with Crippen molar-refractivity contribution in [2.24, 2.45) is 5.41 Å². The molecule has 1 aliphatic carbocycles. The molecule has 0 saturated carbocycles. The summed E-state index contributed by atoms with van der Waals surface area (Å²) < 4.78 is 5.68. The Bertz CT molecular complexity index is 1390. The predicted octanol–water partition coefficient (Wildman–Crippen LogP) is 5.18. The van der Waals surface area contributed by atoms with Gasteiger partial charge in [0.2, 0.25) is 5.91 Å². The number of aliphatic carboxylic acids is 1. The molecule has 0 bridgehead atoms. The Labute approximate surface area is 247 Å². The van der Waals surface area contributed by atoms with Gasteiger partial charge >= 0.3 is 12.1 Å². The van der Waals surface area contributed by atoms with Crippen LogP contribution in [0, 0.1) is 5.41 Å². The Morgan fingerprint density at radius 3 is 2.12 bits per heavy atom. The van der Waals surface area contributed by atoms with E-state index < -0.39 is 23.0 Å². The summed E-state index contributed by atoms with van der Waals surface area (Å²) in [6.07, 6.45) is 0.577. The minimum atomic E-state index is -1.38. The summed E-state index contributed by atoms with van der Waals surface area (Å²) >= 11 is 0. The van der Waals surface area contributed by atoms with Crippen molar-refractivity contribution in [1.29, 1.82) is 0 Å². The molecule has 1 unspecified atom stereocenters. The fraction of sp³-hybridized carbons (Fsp3) is 0.382. The van der Waals surface area contributed by atoms with E-state index in [2.05, 4.69) is 39.8 Å². The summed E-state index contributed by atoms with van der Waals surface area (Å²) in [6.45, 7) is 5.37. The lowest BCUT2D eigenvalue weighted by Gasteiger charge is -2.35. The third kappa shape index (κ3) is 5.77. The van der Waals surface area contributed by atoms with Crippen molar-refractivity contribution in [3.63, 3.8) is 0 Å². The number of fused-ring (bicyclic) bond motifs is 3. The molecular formula is C34H39N3O5. The van der Waals surface area contributed by atoms with Crippen LogP contribution in [-0.4, -0.2) is 59.8 Å². The van der Waals surface area contributed by atoms with Crippen molar-refractivity contribution in [2.45, 2.75) is 51.1 Å². The zero-order chi connectivity index (χ0) is 29.7. The number of rotatable bonds is 11. The van der Waals surface area contributed by atoms with E-state index in [1.54, 1.807) is 0 Å². The molecule has 3 aromatic rings. The molecule has 3 aromatic carbocycles. The van der Waals surface area contributed by atoms with Crippen LogP contribution in [0.2, 0.25) is 0 Å². The lowest BCUT2D eigenvalue weighted by Crippen LogP contribution is -2.61. The normalized spacial score (nSPS) is 18.2. The minimum absolute atomic E-state index is 0.0476. The first-order chi connectivity index (χ1) is 20.3. The first-order valence-corrected chi connectivity index (χ1v) is 14.7. The second-order valence-corrected chi connectivity index (χ2v) is 11.5. The van der Waals surface area contributed by atoms with Crippen LogP contribution in [0.25, 0.3) is 11.1 Å². The van der Waals surface area contributed by atoms with Gasteiger partial charge in [-0.15, -0.1) is 0 Å². The molecule has 5 rings (SSSR count). The molecule has 1 heterocycles. The van der Waals surface area contributed by atoms with Gasteiger partial charge in [-0.05, 0) is 47.1 Å². The maximum atomic E-state index is 13.7. The summed E-state index contributed by atoms with van der Waals surface area (Å²) in [5.41, 5.74) is 3.28. The highest BCUT2D eigenvalue weighted by molar-refractivity contribution is 5.91. The number of carbonyl (C=O) groups excluding carboxylic acids is 2. The molecule has 2 aliphatic rings. The van der Waals surface area contributed by atoms with Crippen LogP contribution in [0.1, 0.15) is 55.7 Å². The Kier molecular flexibility index (Phi) is 8.64. The van der Waals surface area contributed by atoms with Crippen molar-refractivity contribution in [3.05, 3.63) is 95.6 Å². The van der Waals surface area contributed by atoms with Gasteiger partial charge < -0.3 is 20.5 Å². The number of carboxylic acid groups (broad SMARTS) is 1.